The molecule has 2 atom stereocenters. The Bertz CT molecular complexity index is 1490. The highest BCUT2D eigenvalue weighted by Gasteiger charge is 2.33. The van der Waals surface area contributed by atoms with Crippen LogP contribution in [0.1, 0.15) is 41.4 Å². The van der Waals surface area contributed by atoms with Crippen molar-refractivity contribution in [2.45, 2.75) is 45.4 Å². The quantitative estimate of drug-likeness (QED) is 0.419. The number of fused-ring (bicyclic) bond motifs is 1. The Kier molecular flexibility index (Phi) is 6.67. The number of tetrazole rings is 1. The third kappa shape index (κ3) is 4.81. The number of pyridine rings is 1. The molecule has 1 N–H and O–H groups in total. The highest BCUT2D eigenvalue weighted by molar-refractivity contribution is 5.83. The number of hydrogen-bond donors (Lipinski definition) is 1. The molecule has 0 saturated carbocycles. The Morgan fingerprint density at radius 1 is 1.11 bits per heavy atom. The van der Waals surface area contributed by atoms with Crippen molar-refractivity contribution in [2.24, 2.45) is 0 Å². The van der Waals surface area contributed by atoms with Gasteiger partial charge in [-0.1, -0.05) is 11.6 Å². The molecule has 38 heavy (non-hydrogen) atoms. The van der Waals surface area contributed by atoms with Crippen LogP contribution in [-0.2, 0) is 11.3 Å². The van der Waals surface area contributed by atoms with Gasteiger partial charge in [-0.25, -0.2) is 9.07 Å². The van der Waals surface area contributed by atoms with Crippen molar-refractivity contribution < 1.29 is 9.13 Å². The van der Waals surface area contributed by atoms with E-state index in [1.54, 1.807) is 4.68 Å². The number of aromatic amines is 1. The average molecular weight is 518 g/mol. The highest BCUT2D eigenvalue weighted by Crippen LogP contribution is 2.30. The van der Waals surface area contributed by atoms with Crippen molar-refractivity contribution in [1.29, 1.82) is 0 Å². The molecule has 9 nitrogen and oxygen atoms in total. The first-order valence-electron chi connectivity index (χ1n) is 13.2. The van der Waals surface area contributed by atoms with Gasteiger partial charge in [-0.15, -0.1) is 5.10 Å². The summed E-state index contributed by atoms with van der Waals surface area (Å²) >= 11 is 0. The number of anilines is 1. The molecule has 6 rings (SSSR count). The molecule has 0 radical (unpaired) electrons. The van der Waals surface area contributed by atoms with Gasteiger partial charge in [-0.3, -0.25) is 9.69 Å². The Balaban J connectivity index is 1.38. The number of nitrogens with one attached hydrogen (secondary N) is 1. The maximum Gasteiger partial charge on any atom is 0.253 e. The fourth-order valence-electron chi connectivity index (χ4n) is 5.81. The third-order valence-electron chi connectivity index (χ3n) is 7.69. The molecule has 2 aromatic carbocycles. The molecule has 2 aromatic heterocycles. The van der Waals surface area contributed by atoms with Gasteiger partial charge in [0.05, 0.1) is 18.2 Å². The number of hydrogen-bond acceptors (Lipinski definition) is 7. The van der Waals surface area contributed by atoms with Crippen LogP contribution in [-0.4, -0.2) is 69.0 Å². The van der Waals surface area contributed by atoms with E-state index in [1.807, 2.05) is 25.1 Å². The highest BCUT2D eigenvalue weighted by atomic mass is 19.1. The number of benzene rings is 2. The molecule has 4 aromatic rings. The smallest absolute Gasteiger partial charge is 0.253 e. The number of aryl methyl sites for hydroxylation is 2. The number of halogens is 1. The van der Waals surface area contributed by atoms with Crippen LogP contribution in [0.3, 0.4) is 0 Å². The molecule has 0 aliphatic carbocycles. The zero-order valence-corrected chi connectivity index (χ0v) is 21.7. The van der Waals surface area contributed by atoms with E-state index in [0.29, 0.717) is 31.0 Å². The van der Waals surface area contributed by atoms with E-state index >= 15 is 0 Å². The minimum absolute atomic E-state index is 0.0633. The molecule has 0 unspecified atom stereocenters. The van der Waals surface area contributed by atoms with Crippen molar-refractivity contribution in [3.63, 3.8) is 0 Å². The van der Waals surface area contributed by atoms with Gasteiger partial charge in [0.1, 0.15) is 11.9 Å². The first-order valence-corrected chi connectivity index (χ1v) is 13.2. The van der Waals surface area contributed by atoms with Gasteiger partial charge in [0.25, 0.3) is 5.56 Å². The Morgan fingerprint density at radius 2 is 1.89 bits per heavy atom. The van der Waals surface area contributed by atoms with Gasteiger partial charge in [0.2, 0.25) is 0 Å². The van der Waals surface area contributed by atoms with E-state index in [2.05, 4.69) is 49.4 Å². The van der Waals surface area contributed by atoms with E-state index in [1.165, 1.54) is 12.1 Å². The number of aromatic nitrogens is 5. The summed E-state index contributed by atoms with van der Waals surface area (Å²) in [6, 6.07) is 12.3. The second-order valence-corrected chi connectivity index (χ2v) is 10.4. The Morgan fingerprint density at radius 3 is 2.63 bits per heavy atom. The SMILES string of the molecule is Cc1cc(C)c2[nH]c(=O)c([C@@H](c3nnnn3C[C@H]3CCCO3)N3CCN(c4ccc(F)cc4)CC3)cc2c1. The van der Waals surface area contributed by atoms with Crippen LogP contribution < -0.4 is 10.5 Å². The van der Waals surface area contributed by atoms with Crippen molar-refractivity contribution in [3.05, 3.63) is 81.2 Å². The number of rotatable bonds is 6. The van der Waals surface area contributed by atoms with Crippen molar-refractivity contribution in [1.82, 2.24) is 30.1 Å². The van der Waals surface area contributed by atoms with Crippen molar-refractivity contribution >= 4 is 16.6 Å². The predicted molar refractivity (Wildman–Crippen MR) is 143 cm³/mol. The van der Waals surface area contributed by atoms with E-state index in [4.69, 9.17) is 4.74 Å². The second kappa shape index (κ2) is 10.3. The maximum atomic E-state index is 13.6. The summed E-state index contributed by atoms with van der Waals surface area (Å²) < 4.78 is 21.1. The molecular formula is C28H32FN7O2. The standard InChI is InChI=1S/C28H32FN7O2/c1-18-14-19(2)25-20(15-18)16-24(28(37)30-25)26(27-31-32-33-36(27)17-23-4-3-13-38-23)35-11-9-34(10-12-35)22-7-5-21(29)6-8-22/h5-8,14-16,23,26H,3-4,9-13,17H2,1-2H3,(H,30,37)/t23-,26+/m1/s1. The van der Waals surface area contributed by atoms with Crippen molar-refractivity contribution in [3.8, 4) is 0 Å². The molecule has 4 heterocycles. The minimum atomic E-state index is -0.421. The minimum Gasteiger partial charge on any atom is -0.376 e. The molecule has 2 aliphatic heterocycles. The molecule has 2 aliphatic rings. The van der Waals surface area contributed by atoms with Crippen LogP contribution in [0.15, 0.2) is 47.3 Å². The Labute approximate surface area is 220 Å². The summed E-state index contributed by atoms with van der Waals surface area (Å²) in [6.07, 6.45) is 2.06. The molecule has 2 fully saturated rings. The molecule has 198 valence electrons. The predicted octanol–water partition coefficient (Wildman–Crippen LogP) is 3.36. The topological polar surface area (TPSA) is 92.2 Å². The lowest BCUT2D eigenvalue weighted by molar-refractivity contribution is 0.0906. The van der Waals surface area contributed by atoms with Crippen LogP contribution in [0, 0.1) is 19.7 Å². The van der Waals surface area contributed by atoms with Gasteiger partial charge in [-0.05, 0) is 84.5 Å². The van der Waals surface area contributed by atoms with Crippen LogP contribution in [0.4, 0.5) is 10.1 Å². The molecule has 0 amide bonds. The van der Waals surface area contributed by atoms with E-state index < -0.39 is 6.04 Å². The van der Waals surface area contributed by atoms with Gasteiger partial charge < -0.3 is 14.6 Å². The normalized spacial score (nSPS) is 19.3. The van der Waals surface area contributed by atoms with E-state index in [0.717, 1.165) is 60.3 Å². The first-order chi connectivity index (χ1) is 18.5. The largest absolute Gasteiger partial charge is 0.376 e. The Hall–Kier alpha value is -3.63. The number of H-pyrrole nitrogens is 1. The zero-order valence-electron chi connectivity index (χ0n) is 21.7. The van der Waals surface area contributed by atoms with Crippen LogP contribution in [0.2, 0.25) is 0 Å². The summed E-state index contributed by atoms with van der Waals surface area (Å²) in [5, 5.41) is 13.8. The number of nitrogens with zero attached hydrogens (tertiary/aromatic N) is 6. The molecule has 0 bridgehead atoms. The van der Waals surface area contributed by atoms with Gasteiger partial charge in [0.15, 0.2) is 5.82 Å². The molecular weight excluding hydrogens is 485 g/mol. The summed E-state index contributed by atoms with van der Waals surface area (Å²) in [6.45, 7) is 8.24. The molecule has 2 saturated heterocycles. The lowest BCUT2D eigenvalue weighted by Gasteiger charge is -2.39. The molecule has 0 spiro atoms. The summed E-state index contributed by atoms with van der Waals surface area (Å²) in [5.41, 5.74) is 4.50. The van der Waals surface area contributed by atoms with Gasteiger partial charge in [-0.2, -0.15) is 0 Å². The van der Waals surface area contributed by atoms with Crippen LogP contribution in [0.25, 0.3) is 10.9 Å². The number of piperazine rings is 1. The van der Waals surface area contributed by atoms with Crippen molar-refractivity contribution in [2.75, 3.05) is 37.7 Å². The third-order valence-corrected chi connectivity index (χ3v) is 7.69. The van der Waals surface area contributed by atoms with E-state index in [-0.39, 0.29) is 17.5 Å². The fraction of sp³-hybridized carbons (Fsp3) is 0.429. The maximum absolute atomic E-state index is 13.6. The lowest BCUT2D eigenvalue weighted by Crippen LogP contribution is -2.49. The first kappa shape index (κ1) is 24.7. The zero-order chi connectivity index (χ0) is 26.2. The summed E-state index contributed by atoms with van der Waals surface area (Å²) in [4.78, 5) is 21.2. The van der Waals surface area contributed by atoms with Crippen LogP contribution >= 0.6 is 0 Å². The van der Waals surface area contributed by atoms with Crippen LogP contribution in [0.5, 0.6) is 0 Å². The van der Waals surface area contributed by atoms with E-state index in [9.17, 15) is 9.18 Å². The van der Waals surface area contributed by atoms with Gasteiger partial charge in [0, 0.05) is 44.0 Å². The lowest BCUT2D eigenvalue weighted by atomic mass is 10.00. The second-order valence-electron chi connectivity index (χ2n) is 10.4. The molecule has 10 heteroatoms. The summed E-state index contributed by atoms with van der Waals surface area (Å²) in [5.74, 6) is 0.400. The monoisotopic (exact) mass is 517 g/mol. The van der Waals surface area contributed by atoms with Gasteiger partial charge >= 0.3 is 0 Å². The average Bonchev–Trinajstić information content (AvgIpc) is 3.59. The summed E-state index contributed by atoms with van der Waals surface area (Å²) in [7, 11) is 0. The fourth-order valence-corrected chi connectivity index (χ4v) is 5.81. The number of ether oxygens (including phenoxy) is 1.